The zero-order valence-electron chi connectivity index (χ0n) is 10.4. The Labute approximate surface area is 126 Å². The molecule has 0 bridgehead atoms. The van der Waals surface area contributed by atoms with Crippen LogP contribution in [0, 0.1) is 20.2 Å². The molecule has 0 heterocycles. The highest BCUT2D eigenvalue weighted by Gasteiger charge is 1.97. The zero-order valence-corrected chi connectivity index (χ0v) is 12.7. The van der Waals surface area contributed by atoms with E-state index in [4.69, 9.17) is 10.5 Å². The molecule has 0 rings (SSSR count). The van der Waals surface area contributed by atoms with Gasteiger partial charge >= 0.3 is 0 Å². The Morgan fingerprint density at radius 2 is 1.68 bits per heavy atom. The molecule has 0 aromatic heterocycles. The quantitative estimate of drug-likeness (QED) is 0.171. The van der Waals surface area contributed by atoms with Crippen LogP contribution in [0.5, 0.6) is 0 Å². The molecule has 0 aliphatic carbocycles. The number of ether oxygens (including phenoxy) is 3. The number of hydrogen-bond acceptors (Lipinski definition) is 9. The van der Waals surface area contributed by atoms with Crippen molar-refractivity contribution in [2.24, 2.45) is 5.73 Å². The molecule has 19 heavy (non-hydrogen) atoms. The van der Waals surface area contributed by atoms with E-state index < -0.39 is 16.8 Å². The monoisotopic (exact) mass is 399 g/mol. The number of methoxy groups -OCH3 is 1. The van der Waals surface area contributed by atoms with Crippen LogP contribution in [0.25, 0.3) is 0 Å². The van der Waals surface area contributed by atoms with Crippen LogP contribution in [0.2, 0.25) is 0 Å². The van der Waals surface area contributed by atoms with Gasteiger partial charge in [-0.15, -0.1) is 34.1 Å². The molecule has 0 unspecified atom stereocenters. The van der Waals surface area contributed by atoms with E-state index in [2.05, 4.69) is 14.3 Å². The molecule has 0 saturated heterocycles. The Kier molecular flexibility index (Phi) is 23.9. The number of nitrogens with zero attached hydrogens (tertiary/aromatic N) is 2. The lowest BCUT2D eigenvalue weighted by atomic mass is 10.7. The van der Waals surface area contributed by atoms with Gasteiger partial charge in [0.15, 0.2) is 6.79 Å². The molecule has 0 spiro atoms. The summed E-state index contributed by atoms with van der Waals surface area (Å²) in [6, 6.07) is 0. The predicted octanol–water partition coefficient (Wildman–Crippen LogP) is -0.371. The maximum absolute atomic E-state index is 9.65. The van der Waals surface area contributed by atoms with Gasteiger partial charge in [0.05, 0.1) is 6.61 Å². The average Bonchev–Trinajstić information content (AvgIpc) is 2.29. The molecular formula is C7H18IN3O8. The van der Waals surface area contributed by atoms with E-state index in [0.29, 0.717) is 19.9 Å². The van der Waals surface area contributed by atoms with Crippen molar-refractivity contribution >= 4 is 24.0 Å². The van der Waals surface area contributed by atoms with E-state index in [-0.39, 0.29) is 37.1 Å². The SMILES string of the molecule is COCOCCN.I.O=[N+]([O-])CCOCO[N+](=O)[O-]. The van der Waals surface area contributed by atoms with Crippen molar-refractivity contribution in [3.05, 3.63) is 20.2 Å². The van der Waals surface area contributed by atoms with Crippen molar-refractivity contribution in [2.75, 3.05) is 47.0 Å². The summed E-state index contributed by atoms with van der Waals surface area (Å²) in [5.74, 6) is 0. The van der Waals surface area contributed by atoms with Gasteiger partial charge in [-0.25, -0.2) is 0 Å². The van der Waals surface area contributed by atoms with Gasteiger partial charge < -0.3 is 19.9 Å². The van der Waals surface area contributed by atoms with Gasteiger partial charge in [0, 0.05) is 18.6 Å². The molecule has 0 aromatic rings. The van der Waals surface area contributed by atoms with Crippen molar-refractivity contribution in [1.29, 1.82) is 0 Å². The molecule has 0 aliphatic heterocycles. The highest BCUT2D eigenvalue weighted by molar-refractivity contribution is 14.0. The van der Waals surface area contributed by atoms with Crippen LogP contribution in [-0.2, 0) is 19.0 Å². The van der Waals surface area contributed by atoms with Gasteiger partial charge in [0.1, 0.15) is 13.4 Å². The fraction of sp³-hybridized carbons (Fsp3) is 1.00. The lowest BCUT2D eigenvalue weighted by Crippen LogP contribution is -2.12. The summed E-state index contributed by atoms with van der Waals surface area (Å²) < 4.78 is 13.7. The molecule has 0 saturated carbocycles. The second kappa shape index (κ2) is 19.5. The standard InChI is InChI=1S/C4H11NO2.C3H6N2O6.HI/c1-6-4-7-3-2-5;6-4(7)1-2-10-3-11-5(8)9;/h2-5H2,1H3;1-3H2;1H. The molecule has 0 atom stereocenters. The number of halogens is 1. The third-order valence-corrected chi connectivity index (χ3v) is 1.12. The van der Waals surface area contributed by atoms with Crippen LogP contribution < -0.4 is 5.73 Å². The lowest BCUT2D eigenvalue weighted by Gasteiger charge is -1.97. The Balaban J connectivity index is -0.000000280. The molecule has 0 radical (unpaired) electrons. The molecule has 0 amide bonds. The van der Waals surface area contributed by atoms with Crippen LogP contribution in [-0.4, -0.2) is 57.0 Å². The molecule has 11 nitrogen and oxygen atoms in total. The molecule has 116 valence electrons. The van der Waals surface area contributed by atoms with Crippen LogP contribution >= 0.6 is 24.0 Å². The van der Waals surface area contributed by atoms with Crippen LogP contribution in [0.4, 0.5) is 0 Å². The smallest absolute Gasteiger partial charge is 0.296 e. The summed E-state index contributed by atoms with van der Waals surface area (Å²) in [4.78, 5) is 22.2. The first-order valence-corrected chi connectivity index (χ1v) is 4.78. The van der Waals surface area contributed by atoms with Gasteiger partial charge in [-0.3, -0.25) is 15.0 Å². The van der Waals surface area contributed by atoms with E-state index in [1.54, 1.807) is 7.11 Å². The van der Waals surface area contributed by atoms with Gasteiger partial charge in [-0.05, 0) is 0 Å². The van der Waals surface area contributed by atoms with E-state index in [0.717, 1.165) is 0 Å². The maximum atomic E-state index is 9.65. The topological polar surface area (TPSA) is 149 Å². The second-order valence-corrected chi connectivity index (χ2v) is 2.54. The Morgan fingerprint density at radius 1 is 1.11 bits per heavy atom. The minimum atomic E-state index is -1.04. The molecule has 0 fully saturated rings. The number of hydrogen-bond donors (Lipinski definition) is 1. The Bertz CT molecular complexity index is 201. The van der Waals surface area contributed by atoms with E-state index in [9.17, 15) is 20.2 Å². The molecule has 0 aromatic carbocycles. The van der Waals surface area contributed by atoms with Crippen LogP contribution in [0.3, 0.4) is 0 Å². The van der Waals surface area contributed by atoms with Crippen molar-refractivity contribution in [2.45, 2.75) is 0 Å². The molecular weight excluding hydrogens is 381 g/mol. The fourth-order valence-electron chi connectivity index (χ4n) is 0.504. The zero-order chi connectivity index (χ0) is 14.2. The lowest BCUT2D eigenvalue weighted by molar-refractivity contribution is -0.767. The summed E-state index contributed by atoms with van der Waals surface area (Å²) in [6.07, 6.45) is 0. The normalized spacial score (nSPS) is 8.74. The Hall–Kier alpha value is -0.830. The first kappa shape index (κ1) is 23.3. The van der Waals surface area contributed by atoms with Crippen molar-refractivity contribution in [1.82, 2.24) is 0 Å². The third-order valence-electron chi connectivity index (χ3n) is 1.12. The highest BCUT2D eigenvalue weighted by atomic mass is 127. The van der Waals surface area contributed by atoms with Crippen molar-refractivity contribution in [3.63, 3.8) is 0 Å². The van der Waals surface area contributed by atoms with Crippen molar-refractivity contribution < 1.29 is 29.1 Å². The minimum absolute atomic E-state index is 0. The highest BCUT2D eigenvalue weighted by Crippen LogP contribution is 1.79. The van der Waals surface area contributed by atoms with E-state index in [1.807, 2.05) is 0 Å². The van der Waals surface area contributed by atoms with Crippen LogP contribution in [0.1, 0.15) is 0 Å². The number of nitro groups is 1. The number of rotatable bonds is 10. The van der Waals surface area contributed by atoms with Gasteiger partial charge in [0.2, 0.25) is 6.54 Å². The second-order valence-electron chi connectivity index (χ2n) is 2.54. The van der Waals surface area contributed by atoms with Crippen molar-refractivity contribution in [3.8, 4) is 0 Å². The summed E-state index contributed by atoms with van der Waals surface area (Å²) in [5, 5.41) is 18.1. The minimum Gasteiger partial charge on any atom is -0.359 e. The summed E-state index contributed by atoms with van der Waals surface area (Å²) in [6.45, 7) is 0.331. The Morgan fingerprint density at radius 3 is 2.11 bits per heavy atom. The summed E-state index contributed by atoms with van der Waals surface area (Å²) in [7, 11) is 1.58. The fourth-order valence-corrected chi connectivity index (χ4v) is 0.504. The molecule has 0 aliphatic rings. The van der Waals surface area contributed by atoms with Gasteiger partial charge in [0.25, 0.3) is 5.09 Å². The molecule has 2 N–H and O–H groups in total. The average molecular weight is 399 g/mol. The number of nitrogens with two attached hydrogens (primary N) is 1. The summed E-state index contributed by atoms with van der Waals surface area (Å²) in [5.41, 5.74) is 5.09. The summed E-state index contributed by atoms with van der Waals surface area (Å²) >= 11 is 0. The van der Waals surface area contributed by atoms with E-state index >= 15 is 0 Å². The predicted molar refractivity (Wildman–Crippen MR) is 73.1 cm³/mol. The first-order valence-electron chi connectivity index (χ1n) is 4.78. The van der Waals surface area contributed by atoms with Gasteiger partial charge in [-0.1, -0.05) is 0 Å². The first-order chi connectivity index (χ1) is 8.54. The maximum Gasteiger partial charge on any atom is 0.296 e. The largest absolute Gasteiger partial charge is 0.359 e. The third kappa shape index (κ3) is 31.7. The van der Waals surface area contributed by atoms with Gasteiger partial charge in [-0.2, -0.15) is 0 Å². The van der Waals surface area contributed by atoms with E-state index in [1.165, 1.54) is 0 Å². The van der Waals surface area contributed by atoms with Crippen LogP contribution in [0.15, 0.2) is 0 Å². The molecule has 12 heteroatoms.